The van der Waals surface area contributed by atoms with E-state index in [9.17, 15) is 4.79 Å². The summed E-state index contributed by atoms with van der Waals surface area (Å²) in [6, 6.07) is 17.7. The molecule has 5 rings (SSSR count). The van der Waals surface area contributed by atoms with Crippen LogP contribution in [0.15, 0.2) is 67.0 Å². The van der Waals surface area contributed by atoms with Gasteiger partial charge in [-0.05, 0) is 53.4 Å². The Balaban J connectivity index is 1.30. The molecule has 1 atom stereocenters. The molecular formula is C23H20N2O3. The van der Waals surface area contributed by atoms with Gasteiger partial charge in [0.1, 0.15) is 0 Å². The molecule has 0 aliphatic carbocycles. The van der Waals surface area contributed by atoms with Crippen LogP contribution in [-0.4, -0.2) is 35.7 Å². The second kappa shape index (κ2) is 7.00. The molecule has 0 bridgehead atoms. The number of hydrogen-bond acceptors (Lipinski definition) is 4. The fourth-order valence-electron chi connectivity index (χ4n) is 3.90. The number of likely N-dealkylation sites (tertiary alicyclic amines) is 1. The summed E-state index contributed by atoms with van der Waals surface area (Å²) in [6.07, 6.45) is 4.66. The number of carbonyl (C=O) groups excluding carboxylic acids is 1. The molecule has 5 nitrogen and oxygen atoms in total. The van der Waals surface area contributed by atoms with E-state index < -0.39 is 0 Å². The SMILES string of the molecule is O=C(c1ccc(-c2ccc3c(c2)OCO3)cc1)N1CCC(c2cccnc2)C1. The number of aromatic nitrogens is 1. The van der Waals surface area contributed by atoms with Crippen LogP contribution in [0.2, 0.25) is 0 Å². The molecule has 0 radical (unpaired) electrons. The number of hydrogen-bond donors (Lipinski definition) is 0. The van der Waals surface area contributed by atoms with Crippen LogP contribution < -0.4 is 9.47 Å². The summed E-state index contributed by atoms with van der Waals surface area (Å²) in [5, 5.41) is 0. The van der Waals surface area contributed by atoms with Crippen molar-refractivity contribution in [3.05, 3.63) is 78.1 Å². The van der Waals surface area contributed by atoms with Gasteiger partial charge in [-0.3, -0.25) is 9.78 Å². The third-order valence-corrected chi connectivity index (χ3v) is 5.47. The van der Waals surface area contributed by atoms with Crippen LogP contribution in [0.25, 0.3) is 11.1 Å². The number of ether oxygens (including phenoxy) is 2. The van der Waals surface area contributed by atoms with Crippen LogP contribution >= 0.6 is 0 Å². The molecule has 1 saturated heterocycles. The largest absolute Gasteiger partial charge is 0.454 e. The summed E-state index contributed by atoms with van der Waals surface area (Å²) in [5.74, 6) is 1.98. The van der Waals surface area contributed by atoms with Gasteiger partial charge < -0.3 is 14.4 Å². The van der Waals surface area contributed by atoms with E-state index >= 15 is 0 Å². The third-order valence-electron chi connectivity index (χ3n) is 5.47. The second-order valence-corrected chi connectivity index (χ2v) is 7.17. The Bertz CT molecular complexity index is 1000. The van der Waals surface area contributed by atoms with Crippen molar-refractivity contribution in [3.63, 3.8) is 0 Å². The van der Waals surface area contributed by atoms with Crippen molar-refractivity contribution in [2.75, 3.05) is 19.9 Å². The molecule has 1 unspecified atom stereocenters. The lowest BCUT2D eigenvalue weighted by Gasteiger charge is -2.17. The first-order chi connectivity index (χ1) is 13.8. The van der Waals surface area contributed by atoms with Crippen LogP contribution in [-0.2, 0) is 0 Å². The minimum atomic E-state index is 0.0867. The molecule has 5 heteroatoms. The maximum absolute atomic E-state index is 12.9. The summed E-state index contributed by atoms with van der Waals surface area (Å²) in [4.78, 5) is 19.0. The van der Waals surface area contributed by atoms with Crippen LogP contribution in [0.3, 0.4) is 0 Å². The van der Waals surface area contributed by atoms with E-state index in [-0.39, 0.29) is 12.7 Å². The van der Waals surface area contributed by atoms with Crippen molar-refractivity contribution in [3.8, 4) is 22.6 Å². The molecule has 2 aliphatic heterocycles. The van der Waals surface area contributed by atoms with E-state index in [4.69, 9.17) is 9.47 Å². The predicted octanol–water partition coefficient (Wildman–Crippen LogP) is 4.11. The summed E-state index contributed by atoms with van der Waals surface area (Å²) in [5.41, 5.74) is 4.01. The smallest absolute Gasteiger partial charge is 0.253 e. The van der Waals surface area contributed by atoms with Gasteiger partial charge in [0.15, 0.2) is 11.5 Å². The highest BCUT2D eigenvalue weighted by Crippen LogP contribution is 2.36. The first-order valence-corrected chi connectivity index (χ1v) is 9.47. The Morgan fingerprint density at radius 3 is 2.64 bits per heavy atom. The quantitative estimate of drug-likeness (QED) is 0.694. The Kier molecular flexibility index (Phi) is 4.20. The van der Waals surface area contributed by atoms with Crippen LogP contribution in [0.1, 0.15) is 28.3 Å². The van der Waals surface area contributed by atoms with Gasteiger partial charge >= 0.3 is 0 Å². The Morgan fingerprint density at radius 2 is 1.82 bits per heavy atom. The highest BCUT2D eigenvalue weighted by Gasteiger charge is 2.28. The molecule has 2 aromatic carbocycles. The molecule has 1 aromatic heterocycles. The van der Waals surface area contributed by atoms with Gasteiger partial charge in [0.05, 0.1) is 0 Å². The molecule has 0 saturated carbocycles. The van der Waals surface area contributed by atoms with Crippen molar-refractivity contribution in [1.29, 1.82) is 0 Å². The van der Waals surface area contributed by atoms with Gasteiger partial charge in [-0.15, -0.1) is 0 Å². The normalized spacial score (nSPS) is 17.7. The topological polar surface area (TPSA) is 51.7 Å². The zero-order chi connectivity index (χ0) is 18.9. The monoisotopic (exact) mass is 372 g/mol. The number of rotatable bonds is 3. The maximum Gasteiger partial charge on any atom is 0.253 e. The molecule has 2 aliphatic rings. The Hall–Kier alpha value is -3.34. The number of carbonyl (C=O) groups is 1. The summed E-state index contributed by atoms with van der Waals surface area (Å²) >= 11 is 0. The van der Waals surface area contributed by atoms with E-state index in [0.29, 0.717) is 5.92 Å². The molecule has 0 spiro atoms. The molecule has 1 fully saturated rings. The second-order valence-electron chi connectivity index (χ2n) is 7.17. The molecule has 1 amide bonds. The lowest BCUT2D eigenvalue weighted by molar-refractivity contribution is 0.0791. The Labute approximate surface area is 163 Å². The van der Waals surface area contributed by atoms with Crippen LogP contribution in [0.5, 0.6) is 11.5 Å². The van der Waals surface area contributed by atoms with Crippen molar-refractivity contribution in [2.24, 2.45) is 0 Å². The third kappa shape index (κ3) is 3.09. The van der Waals surface area contributed by atoms with Gasteiger partial charge in [-0.2, -0.15) is 0 Å². The molecule has 3 aromatic rings. The van der Waals surface area contributed by atoms with Crippen LogP contribution in [0.4, 0.5) is 0 Å². The van der Waals surface area contributed by atoms with E-state index in [1.807, 2.05) is 59.6 Å². The van der Waals surface area contributed by atoms with E-state index in [0.717, 1.165) is 47.7 Å². The minimum Gasteiger partial charge on any atom is -0.454 e. The maximum atomic E-state index is 12.9. The summed E-state index contributed by atoms with van der Waals surface area (Å²) in [7, 11) is 0. The van der Waals surface area contributed by atoms with Gasteiger partial charge in [0, 0.05) is 37.0 Å². The number of nitrogens with zero attached hydrogens (tertiary/aromatic N) is 2. The van der Waals surface area contributed by atoms with E-state index in [2.05, 4.69) is 11.1 Å². The first-order valence-electron chi connectivity index (χ1n) is 9.47. The van der Waals surface area contributed by atoms with Crippen molar-refractivity contribution in [2.45, 2.75) is 12.3 Å². The average Bonchev–Trinajstić information content (AvgIpc) is 3.43. The van der Waals surface area contributed by atoms with Crippen molar-refractivity contribution >= 4 is 5.91 Å². The van der Waals surface area contributed by atoms with Gasteiger partial charge in [-0.25, -0.2) is 0 Å². The van der Waals surface area contributed by atoms with Gasteiger partial charge in [0.2, 0.25) is 6.79 Å². The van der Waals surface area contributed by atoms with Crippen molar-refractivity contribution < 1.29 is 14.3 Å². The zero-order valence-corrected chi connectivity index (χ0v) is 15.4. The standard InChI is InChI=1S/C23H20N2O3/c26-23(25-11-9-20(14-25)19-2-1-10-24-13-19)17-5-3-16(4-6-17)18-7-8-21-22(12-18)28-15-27-21/h1-8,10,12-13,20H,9,11,14-15H2. The summed E-state index contributed by atoms with van der Waals surface area (Å²) < 4.78 is 10.8. The minimum absolute atomic E-state index is 0.0867. The lowest BCUT2D eigenvalue weighted by Crippen LogP contribution is -2.28. The first kappa shape index (κ1) is 16.8. The highest BCUT2D eigenvalue weighted by atomic mass is 16.7. The molecule has 3 heterocycles. The molecule has 140 valence electrons. The number of amides is 1. The Morgan fingerprint density at radius 1 is 1.00 bits per heavy atom. The van der Waals surface area contributed by atoms with Gasteiger partial charge in [0.25, 0.3) is 5.91 Å². The summed E-state index contributed by atoms with van der Waals surface area (Å²) in [6.45, 7) is 1.79. The predicted molar refractivity (Wildman–Crippen MR) is 105 cm³/mol. The molecule has 0 N–H and O–H groups in total. The average molecular weight is 372 g/mol. The number of fused-ring (bicyclic) bond motifs is 1. The number of pyridine rings is 1. The zero-order valence-electron chi connectivity index (χ0n) is 15.4. The van der Waals surface area contributed by atoms with Gasteiger partial charge in [-0.1, -0.05) is 24.3 Å². The number of benzene rings is 2. The molecular weight excluding hydrogens is 352 g/mol. The highest BCUT2D eigenvalue weighted by molar-refractivity contribution is 5.95. The van der Waals surface area contributed by atoms with E-state index in [1.54, 1.807) is 6.20 Å². The fourth-order valence-corrected chi connectivity index (χ4v) is 3.90. The fraction of sp³-hybridized carbons (Fsp3) is 0.217. The molecule has 28 heavy (non-hydrogen) atoms. The lowest BCUT2D eigenvalue weighted by atomic mass is 10.0. The van der Waals surface area contributed by atoms with Crippen molar-refractivity contribution in [1.82, 2.24) is 9.88 Å². The van der Waals surface area contributed by atoms with Crippen LogP contribution in [0, 0.1) is 0 Å². The van der Waals surface area contributed by atoms with E-state index in [1.165, 1.54) is 5.56 Å².